The summed E-state index contributed by atoms with van der Waals surface area (Å²) in [5, 5.41) is 0. The van der Waals surface area contributed by atoms with E-state index in [1.54, 1.807) is 6.07 Å². The molecule has 0 radical (unpaired) electrons. The largest absolute Gasteiger partial charge is 0.374 e. The highest BCUT2D eigenvalue weighted by Gasteiger charge is 2.29. The summed E-state index contributed by atoms with van der Waals surface area (Å²) in [5.74, 6) is -0.247. The summed E-state index contributed by atoms with van der Waals surface area (Å²) in [5.41, 5.74) is 7.78. The van der Waals surface area contributed by atoms with Crippen LogP contribution < -0.4 is 5.73 Å². The zero-order valence-corrected chi connectivity index (χ0v) is 11.9. The number of aryl methyl sites for hydroxylation is 1. The van der Waals surface area contributed by atoms with E-state index in [4.69, 9.17) is 10.5 Å². The molecule has 2 rings (SSSR count). The van der Waals surface area contributed by atoms with Gasteiger partial charge in [-0.15, -0.1) is 0 Å². The van der Waals surface area contributed by atoms with Gasteiger partial charge in [0.1, 0.15) is 5.82 Å². The lowest BCUT2D eigenvalue weighted by molar-refractivity contribution is -0.0506. The molecule has 106 valence electrons. The molecule has 2 N–H and O–H groups in total. The summed E-state index contributed by atoms with van der Waals surface area (Å²) in [4.78, 5) is 2.32. The molecule has 0 amide bonds. The molecule has 1 aromatic rings. The smallest absolute Gasteiger partial charge is 0.128 e. The van der Waals surface area contributed by atoms with E-state index in [9.17, 15) is 4.39 Å². The van der Waals surface area contributed by atoms with Gasteiger partial charge in [-0.3, -0.25) is 4.90 Å². The standard InChI is InChI=1S/C15H23FN2O/c1-10(2)18-6-7-19-14(9-18)15(17)12-8-11(3)4-5-13(12)16/h4-5,8,10,14-15H,6-7,9,17H2,1-3H3. The van der Waals surface area contributed by atoms with Gasteiger partial charge < -0.3 is 10.5 Å². The van der Waals surface area contributed by atoms with E-state index < -0.39 is 6.04 Å². The Balaban J connectivity index is 2.14. The molecule has 0 aliphatic carbocycles. The third-order valence-corrected chi connectivity index (χ3v) is 3.77. The maximum Gasteiger partial charge on any atom is 0.128 e. The summed E-state index contributed by atoms with van der Waals surface area (Å²) in [6.07, 6.45) is -0.146. The Morgan fingerprint density at radius 3 is 2.84 bits per heavy atom. The van der Waals surface area contributed by atoms with Crippen molar-refractivity contribution in [1.82, 2.24) is 4.90 Å². The Morgan fingerprint density at radius 1 is 1.42 bits per heavy atom. The van der Waals surface area contributed by atoms with Crippen molar-refractivity contribution in [3.8, 4) is 0 Å². The second-order valence-electron chi connectivity index (χ2n) is 5.55. The molecule has 4 heteroatoms. The molecule has 1 saturated heterocycles. The molecule has 2 atom stereocenters. The molecule has 0 aromatic heterocycles. The first-order chi connectivity index (χ1) is 8.99. The van der Waals surface area contributed by atoms with Gasteiger partial charge in [0.15, 0.2) is 0 Å². The zero-order valence-electron chi connectivity index (χ0n) is 11.9. The molecule has 3 nitrogen and oxygen atoms in total. The van der Waals surface area contributed by atoms with E-state index in [1.165, 1.54) is 6.07 Å². The van der Waals surface area contributed by atoms with Gasteiger partial charge in [0.25, 0.3) is 0 Å². The van der Waals surface area contributed by atoms with E-state index >= 15 is 0 Å². The molecular weight excluding hydrogens is 243 g/mol. The van der Waals surface area contributed by atoms with Crippen molar-refractivity contribution in [3.05, 3.63) is 35.1 Å². The quantitative estimate of drug-likeness (QED) is 0.912. The lowest BCUT2D eigenvalue weighted by Crippen LogP contribution is -2.49. The summed E-state index contributed by atoms with van der Waals surface area (Å²) in [6, 6.07) is 5.10. The first kappa shape index (κ1) is 14.4. The van der Waals surface area contributed by atoms with Crippen LogP contribution in [-0.2, 0) is 4.74 Å². The van der Waals surface area contributed by atoms with Crippen molar-refractivity contribution < 1.29 is 9.13 Å². The van der Waals surface area contributed by atoms with Crippen LogP contribution in [0.2, 0.25) is 0 Å². The Morgan fingerprint density at radius 2 is 2.16 bits per heavy atom. The third-order valence-electron chi connectivity index (χ3n) is 3.77. The number of nitrogens with zero attached hydrogens (tertiary/aromatic N) is 1. The van der Waals surface area contributed by atoms with Crippen molar-refractivity contribution >= 4 is 0 Å². The van der Waals surface area contributed by atoms with Crippen molar-refractivity contribution in [2.75, 3.05) is 19.7 Å². The average molecular weight is 266 g/mol. The van der Waals surface area contributed by atoms with Crippen LogP contribution in [0.1, 0.15) is 31.0 Å². The lowest BCUT2D eigenvalue weighted by Gasteiger charge is -2.38. The number of benzene rings is 1. The first-order valence-electron chi connectivity index (χ1n) is 6.86. The maximum absolute atomic E-state index is 13.9. The number of morpholine rings is 1. The molecule has 1 aromatic carbocycles. The van der Waals surface area contributed by atoms with Crippen LogP contribution in [0.5, 0.6) is 0 Å². The van der Waals surface area contributed by atoms with Crippen molar-refractivity contribution in [3.63, 3.8) is 0 Å². The minimum atomic E-state index is -0.415. The number of hydrogen-bond acceptors (Lipinski definition) is 3. The number of ether oxygens (including phenoxy) is 1. The van der Waals surface area contributed by atoms with Crippen LogP contribution in [0.25, 0.3) is 0 Å². The number of rotatable bonds is 3. The summed E-state index contributed by atoms with van der Waals surface area (Å²) < 4.78 is 19.6. The van der Waals surface area contributed by atoms with Crippen molar-refractivity contribution in [1.29, 1.82) is 0 Å². The van der Waals surface area contributed by atoms with Gasteiger partial charge >= 0.3 is 0 Å². The van der Waals surface area contributed by atoms with Gasteiger partial charge in [-0.05, 0) is 26.8 Å². The second kappa shape index (κ2) is 5.99. The highest BCUT2D eigenvalue weighted by Crippen LogP contribution is 2.24. The van der Waals surface area contributed by atoms with Gasteiger partial charge in [-0.2, -0.15) is 0 Å². The van der Waals surface area contributed by atoms with E-state index in [-0.39, 0.29) is 11.9 Å². The molecule has 1 aliphatic heterocycles. The molecule has 1 aliphatic rings. The minimum Gasteiger partial charge on any atom is -0.374 e. The maximum atomic E-state index is 13.9. The zero-order chi connectivity index (χ0) is 14.0. The summed E-state index contributed by atoms with van der Waals surface area (Å²) in [7, 11) is 0. The normalized spacial score (nSPS) is 22.7. The molecule has 0 bridgehead atoms. The van der Waals surface area contributed by atoms with Gasteiger partial charge in [0.05, 0.1) is 18.8 Å². The summed E-state index contributed by atoms with van der Waals surface area (Å²) in [6.45, 7) is 8.58. The number of nitrogens with two attached hydrogens (primary N) is 1. The molecule has 19 heavy (non-hydrogen) atoms. The van der Waals surface area contributed by atoms with Crippen LogP contribution in [0, 0.1) is 12.7 Å². The Hall–Kier alpha value is -0.970. The molecule has 1 fully saturated rings. The minimum absolute atomic E-state index is 0.146. The predicted molar refractivity (Wildman–Crippen MR) is 74.5 cm³/mol. The Kier molecular flexibility index (Phi) is 4.55. The van der Waals surface area contributed by atoms with E-state index in [0.29, 0.717) is 18.2 Å². The van der Waals surface area contributed by atoms with Crippen LogP contribution >= 0.6 is 0 Å². The van der Waals surface area contributed by atoms with E-state index in [0.717, 1.165) is 18.7 Å². The van der Waals surface area contributed by atoms with Gasteiger partial charge in [-0.25, -0.2) is 4.39 Å². The molecule has 0 saturated carbocycles. The Bertz CT molecular complexity index is 436. The second-order valence-corrected chi connectivity index (χ2v) is 5.55. The monoisotopic (exact) mass is 266 g/mol. The van der Waals surface area contributed by atoms with Crippen molar-refractivity contribution in [2.45, 2.75) is 39.0 Å². The number of halogens is 1. The average Bonchev–Trinajstić information content (AvgIpc) is 2.41. The van der Waals surface area contributed by atoms with Gasteiger partial charge in [0, 0.05) is 24.7 Å². The predicted octanol–water partition coefficient (Wildman–Crippen LogP) is 2.24. The number of hydrogen-bond donors (Lipinski definition) is 1. The van der Waals surface area contributed by atoms with Crippen LogP contribution in [0.4, 0.5) is 4.39 Å². The van der Waals surface area contributed by atoms with Crippen molar-refractivity contribution in [2.24, 2.45) is 5.73 Å². The third kappa shape index (κ3) is 3.32. The van der Waals surface area contributed by atoms with Crippen LogP contribution in [0.15, 0.2) is 18.2 Å². The fourth-order valence-corrected chi connectivity index (χ4v) is 2.50. The topological polar surface area (TPSA) is 38.5 Å². The highest BCUT2D eigenvalue weighted by molar-refractivity contribution is 5.27. The molecular formula is C15H23FN2O. The SMILES string of the molecule is Cc1ccc(F)c(C(N)C2CN(C(C)C)CCO2)c1. The Labute approximate surface area is 114 Å². The van der Waals surface area contributed by atoms with Gasteiger partial charge in [-0.1, -0.05) is 17.7 Å². The van der Waals surface area contributed by atoms with E-state index in [1.807, 2.05) is 13.0 Å². The summed E-state index contributed by atoms with van der Waals surface area (Å²) >= 11 is 0. The lowest BCUT2D eigenvalue weighted by atomic mass is 9.98. The van der Waals surface area contributed by atoms with Crippen LogP contribution in [-0.4, -0.2) is 36.7 Å². The van der Waals surface area contributed by atoms with Crippen LogP contribution in [0.3, 0.4) is 0 Å². The fourth-order valence-electron chi connectivity index (χ4n) is 2.50. The molecule has 0 spiro atoms. The molecule has 2 unspecified atom stereocenters. The fraction of sp³-hybridized carbons (Fsp3) is 0.600. The first-order valence-corrected chi connectivity index (χ1v) is 6.86. The molecule has 1 heterocycles. The van der Waals surface area contributed by atoms with Gasteiger partial charge in [0.2, 0.25) is 0 Å². The highest BCUT2D eigenvalue weighted by atomic mass is 19.1. The van der Waals surface area contributed by atoms with E-state index in [2.05, 4.69) is 18.7 Å².